The van der Waals surface area contributed by atoms with E-state index in [1.807, 2.05) is 20.9 Å². The molecule has 2 aromatic heterocycles. The molecular weight excluding hydrogens is 286 g/mol. The first kappa shape index (κ1) is 16.0. The van der Waals surface area contributed by atoms with E-state index in [1.165, 1.54) is 0 Å². The first-order valence-electron chi connectivity index (χ1n) is 6.97. The summed E-state index contributed by atoms with van der Waals surface area (Å²) in [6.45, 7) is 9.32. The highest BCUT2D eigenvalue weighted by molar-refractivity contribution is 5.67. The first-order chi connectivity index (χ1) is 10.2. The topological polar surface area (TPSA) is 95.1 Å². The van der Waals surface area contributed by atoms with Crippen molar-refractivity contribution in [3.63, 3.8) is 0 Å². The van der Waals surface area contributed by atoms with E-state index in [9.17, 15) is 4.79 Å². The van der Waals surface area contributed by atoms with E-state index in [0.29, 0.717) is 11.7 Å². The monoisotopic (exact) mass is 307 g/mol. The molecular formula is C14H21N5O3. The minimum absolute atomic E-state index is 0.111. The van der Waals surface area contributed by atoms with Gasteiger partial charge in [0.25, 0.3) is 0 Å². The molecule has 0 saturated carbocycles. The van der Waals surface area contributed by atoms with Crippen LogP contribution in [-0.2, 0) is 18.3 Å². The molecule has 22 heavy (non-hydrogen) atoms. The largest absolute Gasteiger partial charge is 0.444 e. The van der Waals surface area contributed by atoms with E-state index < -0.39 is 11.7 Å². The number of rotatable bonds is 3. The molecule has 2 rings (SSSR count). The number of nitrogens with zero attached hydrogens (tertiary/aromatic N) is 4. The molecule has 0 unspecified atom stereocenters. The van der Waals surface area contributed by atoms with Gasteiger partial charge in [-0.3, -0.25) is 4.68 Å². The maximum Gasteiger partial charge on any atom is 0.408 e. The van der Waals surface area contributed by atoms with Crippen molar-refractivity contribution in [3.05, 3.63) is 17.3 Å². The number of amides is 1. The summed E-state index contributed by atoms with van der Waals surface area (Å²) in [4.78, 5) is 15.9. The van der Waals surface area contributed by atoms with Gasteiger partial charge >= 0.3 is 6.09 Å². The van der Waals surface area contributed by atoms with Gasteiger partial charge in [0, 0.05) is 12.7 Å². The molecule has 0 radical (unpaired) electrons. The van der Waals surface area contributed by atoms with Gasteiger partial charge in [0.2, 0.25) is 11.7 Å². The Labute approximate surface area is 128 Å². The fraction of sp³-hybridized carbons (Fsp3) is 0.571. The molecule has 0 saturated heterocycles. The Morgan fingerprint density at radius 3 is 2.59 bits per heavy atom. The van der Waals surface area contributed by atoms with E-state index in [4.69, 9.17) is 9.26 Å². The summed E-state index contributed by atoms with van der Waals surface area (Å²) < 4.78 is 12.1. The van der Waals surface area contributed by atoms with Crippen LogP contribution in [0.4, 0.5) is 4.79 Å². The second-order valence-electron chi connectivity index (χ2n) is 6.04. The van der Waals surface area contributed by atoms with Crippen molar-refractivity contribution >= 4 is 6.09 Å². The van der Waals surface area contributed by atoms with Gasteiger partial charge in [0.15, 0.2) is 0 Å². The van der Waals surface area contributed by atoms with E-state index in [0.717, 1.165) is 17.0 Å². The summed E-state index contributed by atoms with van der Waals surface area (Å²) in [5.74, 6) is 0.771. The molecule has 0 bridgehead atoms. The van der Waals surface area contributed by atoms with Crippen LogP contribution in [0.2, 0.25) is 0 Å². The van der Waals surface area contributed by atoms with Gasteiger partial charge in [0.1, 0.15) is 12.1 Å². The van der Waals surface area contributed by atoms with Gasteiger partial charge in [-0.05, 0) is 34.6 Å². The molecule has 0 aliphatic heterocycles. The Balaban J connectivity index is 2.05. The molecule has 2 aromatic rings. The lowest BCUT2D eigenvalue weighted by Crippen LogP contribution is -2.32. The van der Waals surface area contributed by atoms with Crippen LogP contribution >= 0.6 is 0 Å². The summed E-state index contributed by atoms with van der Waals surface area (Å²) in [5.41, 5.74) is 2.07. The van der Waals surface area contributed by atoms with E-state index in [1.54, 1.807) is 25.5 Å². The van der Waals surface area contributed by atoms with Gasteiger partial charge in [0.05, 0.1) is 11.3 Å². The molecule has 8 heteroatoms. The van der Waals surface area contributed by atoms with Crippen molar-refractivity contribution in [2.24, 2.45) is 7.05 Å². The number of alkyl carbamates (subject to hydrolysis) is 1. The first-order valence-corrected chi connectivity index (χ1v) is 6.97. The van der Waals surface area contributed by atoms with E-state index in [2.05, 4.69) is 20.6 Å². The summed E-state index contributed by atoms with van der Waals surface area (Å²) in [7, 11) is 1.86. The molecule has 0 aliphatic rings. The molecule has 2 heterocycles. The highest BCUT2D eigenvalue weighted by atomic mass is 16.6. The second kappa shape index (κ2) is 5.78. The Kier molecular flexibility index (Phi) is 4.20. The van der Waals surface area contributed by atoms with Crippen molar-refractivity contribution in [1.82, 2.24) is 25.2 Å². The molecule has 1 amide bonds. The van der Waals surface area contributed by atoms with Crippen LogP contribution in [0, 0.1) is 13.8 Å². The van der Waals surface area contributed by atoms with Crippen LogP contribution in [-0.4, -0.2) is 31.6 Å². The minimum Gasteiger partial charge on any atom is -0.444 e. The average Bonchev–Trinajstić information content (AvgIpc) is 2.91. The van der Waals surface area contributed by atoms with E-state index in [-0.39, 0.29) is 6.54 Å². The summed E-state index contributed by atoms with van der Waals surface area (Å²) in [6, 6.07) is 0. The van der Waals surface area contributed by atoms with Crippen LogP contribution < -0.4 is 5.32 Å². The normalized spacial score (nSPS) is 11.5. The highest BCUT2D eigenvalue weighted by Crippen LogP contribution is 2.23. The van der Waals surface area contributed by atoms with Crippen molar-refractivity contribution in [1.29, 1.82) is 0 Å². The van der Waals surface area contributed by atoms with Crippen LogP contribution in [0.1, 0.15) is 38.0 Å². The number of hydrogen-bond donors (Lipinski definition) is 1. The predicted molar refractivity (Wildman–Crippen MR) is 79.0 cm³/mol. The molecule has 120 valence electrons. The summed E-state index contributed by atoms with van der Waals surface area (Å²) >= 11 is 0. The Bertz CT molecular complexity index is 681. The lowest BCUT2D eigenvalue weighted by atomic mass is 10.2. The number of hydrogen-bond acceptors (Lipinski definition) is 6. The maximum atomic E-state index is 11.6. The molecule has 0 aliphatic carbocycles. The smallest absolute Gasteiger partial charge is 0.408 e. The van der Waals surface area contributed by atoms with Gasteiger partial charge in [-0.2, -0.15) is 10.1 Å². The third-order valence-electron chi connectivity index (χ3n) is 2.98. The molecule has 0 aromatic carbocycles. The van der Waals surface area contributed by atoms with Crippen molar-refractivity contribution in [2.75, 3.05) is 0 Å². The van der Waals surface area contributed by atoms with Crippen LogP contribution in [0.3, 0.4) is 0 Å². The zero-order valence-electron chi connectivity index (χ0n) is 13.7. The highest BCUT2D eigenvalue weighted by Gasteiger charge is 2.19. The minimum atomic E-state index is -0.548. The Hall–Kier alpha value is -2.38. The van der Waals surface area contributed by atoms with Crippen molar-refractivity contribution in [2.45, 2.75) is 46.8 Å². The molecule has 0 fully saturated rings. The number of aromatic nitrogens is 4. The molecule has 0 spiro atoms. The average molecular weight is 307 g/mol. The quantitative estimate of drug-likeness (QED) is 0.933. The van der Waals surface area contributed by atoms with Crippen LogP contribution in [0.5, 0.6) is 0 Å². The summed E-state index contributed by atoms with van der Waals surface area (Å²) in [5, 5.41) is 10.8. The molecule has 8 nitrogen and oxygen atoms in total. The lowest BCUT2D eigenvalue weighted by Gasteiger charge is -2.19. The third-order valence-corrected chi connectivity index (χ3v) is 2.98. The predicted octanol–water partition coefficient (Wildman–Crippen LogP) is 2.11. The van der Waals surface area contributed by atoms with Crippen LogP contribution in [0.25, 0.3) is 11.4 Å². The van der Waals surface area contributed by atoms with Gasteiger partial charge in [-0.25, -0.2) is 4.79 Å². The molecule has 1 N–H and O–H groups in total. The Morgan fingerprint density at radius 2 is 2.05 bits per heavy atom. The molecule has 0 atom stereocenters. The van der Waals surface area contributed by atoms with Crippen molar-refractivity contribution in [3.8, 4) is 11.4 Å². The maximum absolute atomic E-state index is 11.6. The van der Waals surface area contributed by atoms with Gasteiger partial charge in [-0.15, -0.1) is 0 Å². The van der Waals surface area contributed by atoms with Gasteiger partial charge in [-0.1, -0.05) is 5.16 Å². The number of carbonyl (C=O) groups is 1. The number of ether oxygens (including phenoxy) is 1. The van der Waals surface area contributed by atoms with Crippen molar-refractivity contribution < 1.29 is 14.1 Å². The lowest BCUT2D eigenvalue weighted by molar-refractivity contribution is 0.0518. The summed E-state index contributed by atoms with van der Waals surface area (Å²) in [6.07, 6.45) is -0.527. The Morgan fingerprint density at radius 1 is 1.36 bits per heavy atom. The fourth-order valence-corrected chi connectivity index (χ4v) is 1.99. The number of carbonyl (C=O) groups excluding carboxylic acids is 1. The zero-order valence-corrected chi connectivity index (χ0v) is 13.7. The second-order valence-corrected chi connectivity index (χ2v) is 6.04. The third kappa shape index (κ3) is 3.63. The fourth-order valence-electron chi connectivity index (χ4n) is 1.99. The van der Waals surface area contributed by atoms with E-state index >= 15 is 0 Å². The van der Waals surface area contributed by atoms with Gasteiger partial charge < -0.3 is 14.6 Å². The SMILES string of the molecule is Cc1nn(C)c(C)c1-c1noc(CNC(=O)OC(C)(C)C)n1. The number of aryl methyl sites for hydroxylation is 2. The van der Waals surface area contributed by atoms with Crippen LogP contribution in [0.15, 0.2) is 4.52 Å². The standard InChI is InChI=1S/C14H21N5O3/c1-8-11(9(2)19(6)17-8)12-16-10(22-18-12)7-15-13(20)21-14(3,4)5/h7H2,1-6H3,(H,15,20). The number of nitrogens with one attached hydrogen (secondary N) is 1. The zero-order chi connectivity index (χ0) is 16.5.